The number of piperidine rings is 1. The van der Waals surface area contributed by atoms with E-state index in [1.807, 2.05) is 0 Å². The molecule has 1 rings (SSSR count). The molecule has 2 nitrogen and oxygen atoms in total. The molecule has 74 valence electrons. The topological polar surface area (TPSA) is 35.8 Å². The van der Waals surface area contributed by atoms with Gasteiger partial charge in [-0.25, -0.2) is 0 Å². The second-order valence-electron chi connectivity index (χ2n) is 4.24. The van der Waals surface area contributed by atoms with Gasteiger partial charge in [0.2, 0.25) is 0 Å². The zero-order chi connectivity index (χ0) is 9.73. The summed E-state index contributed by atoms with van der Waals surface area (Å²) < 4.78 is 0. The first-order valence-electron chi connectivity index (χ1n) is 5.37. The van der Waals surface area contributed by atoms with Gasteiger partial charge in [-0.3, -0.25) is 0 Å². The van der Waals surface area contributed by atoms with Gasteiger partial charge in [-0.15, -0.1) is 0 Å². The van der Waals surface area contributed by atoms with E-state index in [1.54, 1.807) is 0 Å². The van der Waals surface area contributed by atoms with Gasteiger partial charge in [0.15, 0.2) is 0 Å². The van der Waals surface area contributed by atoms with Gasteiger partial charge in [-0.2, -0.15) is 5.26 Å². The van der Waals surface area contributed by atoms with Crippen molar-refractivity contribution < 1.29 is 0 Å². The third-order valence-electron chi connectivity index (χ3n) is 3.30. The highest BCUT2D eigenvalue weighted by Crippen LogP contribution is 2.36. The molecular weight excluding hydrogens is 160 g/mol. The van der Waals surface area contributed by atoms with Crippen LogP contribution in [-0.4, -0.2) is 13.1 Å². The van der Waals surface area contributed by atoms with Crippen LogP contribution in [0.3, 0.4) is 0 Å². The number of nitrogens with one attached hydrogen (secondary N) is 1. The van der Waals surface area contributed by atoms with E-state index in [0.717, 1.165) is 25.9 Å². The first-order valence-corrected chi connectivity index (χ1v) is 5.37. The Labute approximate surface area is 81.3 Å². The summed E-state index contributed by atoms with van der Waals surface area (Å²) in [6.45, 7) is 6.39. The maximum atomic E-state index is 9.25. The maximum absolute atomic E-state index is 9.25. The Morgan fingerprint density at radius 2 is 2.38 bits per heavy atom. The maximum Gasteiger partial charge on any atom is 0.0724 e. The van der Waals surface area contributed by atoms with Gasteiger partial charge in [0, 0.05) is 6.54 Å². The van der Waals surface area contributed by atoms with Crippen molar-refractivity contribution in [3.63, 3.8) is 0 Å². The molecule has 13 heavy (non-hydrogen) atoms. The van der Waals surface area contributed by atoms with E-state index in [4.69, 9.17) is 0 Å². The predicted octanol–water partition coefficient (Wildman–Crippen LogP) is 2.32. The summed E-state index contributed by atoms with van der Waals surface area (Å²) in [5, 5.41) is 12.6. The van der Waals surface area contributed by atoms with Crippen molar-refractivity contribution in [3.05, 3.63) is 0 Å². The van der Waals surface area contributed by atoms with Gasteiger partial charge in [-0.1, -0.05) is 20.3 Å². The van der Waals surface area contributed by atoms with Crippen LogP contribution in [0.5, 0.6) is 0 Å². The third kappa shape index (κ3) is 2.22. The van der Waals surface area contributed by atoms with Crippen molar-refractivity contribution in [2.45, 2.75) is 39.5 Å². The summed E-state index contributed by atoms with van der Waals surface area (Å²) in [6, 6.07) is 2.54. The molecule has 0 amide bonds. The lowest BCUT2D eigenvalue weighted by Gasteiger charge is -2.36. The Balaban J connectivity index is 2.62. The van der Waals surface area contributed by atoms with Crippen LogP contribution in [0.15, 0.2) is 0 Å². The average Bonchev–Trinajstić information content (AvgIpc) is 2.19. The quantitative estimate of drug-likeness (QED) is 0.723. The highest BCUT2D eigenvalue weighted by Gasteiger charge is 2.36. The minimum atomic E-state index is -0.0751. The zero-order valence-electron chi connectivity index (χ0n) is 8.77. The Hall–Kier alpha value is -0.550. The summed E-state index contributed by atoms with van der Waals surface area (Å²) in [5.74, 6) is 0.537. The third-order valence-corrected chi connectivity index (χ3v) is 3.30. The summed E-state index contributed by atoms with van der Waals surface area (Å²) in [5.41, 5.74) is -0.0751. The van der Waals surface area contributed by atoms with Crippen molar-refractivity contribution in [2.24, 2.45) is 11.3 Å². The van der Waals surface area contributed by atoms with Crippen LogP contribution < -0.4 is 5.32 Å². The highest BCUT2D eigenvalue weighted by molar-refractivity contribution is 5.05. The molecule has 0 aromatic heterocycles. The molecular formula is C11H20N2. The second-order valence-corrected chi connectivity index (χ2v) is 4.24. The molecule has 2 atom stereocenters. The molecule has 1 heterocycles. The van der Waals surface area contributed by atoms with Crippen LogP contribution in [-0.2, 0) is 0 Å². The van der Waals surface area contributed by atoms with E-state index in [0.29, 0.717) is 5.92 Å². The minimum Gasteiger partial charge on any atom is -0.315 e. The number of hydrogen-bond donors (Lipinski definition) is 1. The van der Waals surface area contributed by atoms with Crippen molar-refractivity contribution in [1.29, 1.82) is 5.26 Å². The summed E-state index contributed by atoms with van der Waals surface area (Å²) >= 11 is 0. The van der Waals surface area contributed by atoms with Gasteiger partial charge in [0.1, 0.15) is 0 Å². The van der Waals surface area contributed by atoms with Crippen molar-refractivity contribution in [3.8, 4) is 6.07 Å². The number of nitrogens with zero attached hydrogens (tertiary/aromatic N) is 1. The van der Waals surface area contributed by atoms with Crippen molar-refractivity contribution in [1.82, 2.24) is 5.32 Å². The Bertz CT molecular complexity index is 187. The fraction of sp³-hybridized carbons (Fsp3) is 0.909. The van der Waals surface area contributed by atoms with E-state index in [1.165, 1.54) is 12.8 Å². The number of rotatable bonds is 3. The van der Waals surface area contributed by atoms with Gasteiger partial charge in [0.05, 0.1) is 11.5 Å². The van der Waals surface area contributed by atoms with Crippen LogP contribution in [0.25, 0.3) is 0 Å². The molecule has 2 unspecified atom stereocenters. The molecule has 1 aliphatic heterocycles. The van der Waals surface area contributed by atoms with Crippen LogP contribution in [0, 0.1) is 22.7 Å². The Kier molecular flexibility index (Phi) is 3.74. The lowest BCUT2D eigenvalue weighted by molar-refractivity contribution is 0.184. The average molecular weight is 180 g/mol. The van der Waals surface area contributed by atoms with Crippen LogP contribution >= 0.6 is 0 Å². The normalized spacial score (nSPS) is 30.8. The molecule has 0 aliphatic carbocycles. The van der Waals surface area contributed by atoms with Crippen LogP contribution in [0.1, 0.15) is 39.5 Å². The van der Waals surface area contributed by atoms with E-state index in [2.05, 4.69) is 25.2 Å². The van der Waals surface area contributed by atoms with E-state index in [9.17, 15) is 5.26 Å². The van der Waals surface area contributed by atoms with Crippen LogP contribution in [0.4, 0.5) is 0 Å². The Morgan fingerprint density at radius 1 is 1.62 bits per heavy atom. The number of nitriles is 1. The summed E-state index contributed by atoms with van der Waals surface area (Å²) in [7, 11) is 0. The fourth-order valence-corrected chi connectivity index (χ4v) is 2.26. The lowest BCUT2D eigenvalue weighted by Crippen LogP contribution is -2.43. The standard InChI is InChI=1S/C11H20N2/c1-3-5-10(2)11(8-12)6-4-7-13-9-11/h10,13H,3-7,9H2,1-2H3. The first kappa shape index (κ1) is 10.5. The fourth-order valence-electron chi connectivity index (χ4n) is 2.26. The van der Waals surface area contributed by atoms with E-state index in [-0.39, 0.29) is 5.41 Å². The van der Waals surface area contributed by atoms with Gasteiger partial charge >= 0.3 is 0 Å². The second kappa shape index (κ2) is 4.62. The number of hydrogen-bond acceptors (Lipinski definition) is 2. The molecule has 1 N–H and O–H groups in total. The van der Waals surface area contributed by atoms with E-state index < -0.39 is 0 Å². The first-order chi connectivity index (χ1) is 6.25. The van der Waals surface area contributed by atoms with Gasteiger partial charge < -0.3 is 5.32 Å². The lowest BCUT2D eigenvalue weighted by atomic mass is 9.71. The zero-order valence-corrected chi connectivity index (χ0v) is 8.77. The Morgan fingerprint density at radius 3 is 2.85 bits per heavy atom. The predicted molar refractivity (Wildman–Crippen MR) is 54.2 cm³/mol. The summed E-state index contributed by atoms with van der Waals surface area (Å²) in [6.07, 6.45) is 4.60. The molecule has 2 heteroatoms. The molecule has 1 saturated heterocycles. The molecule has 1 fully saturated rings. The molecule has 0 aromatic carbocycles. The molecule has 0 spiro atoms. The molecule has 0 bridgehead atoms. The molecule has 0 saturated carbocycles. The van der Waals surface area contributed by atoms with E-state index >= 15 is 0 Å². The van der Waals surface area contributed by atoms with Crippen LogP contribution in [0.2, 0.25) is 0 Å². The van der Waals surface area contributed by atoms with Gasteiger partial charge in [0.25, 0.3) is 0 Å². The monoisotopic (exact) mass is 180 g/mol. The SMILES string of the molecule is CCCC(C)C1(C#N)CCCNC1. The smallest absolute Gasteiger partial charge is 0.0724 e. The largest absolute Gasteiger partial charge is 0.315 e. The molecule has 1 aliphatic rings. The summed E-state index contributed by atoms with van der Waals surface area (Å²) in [4.78, 5) is 0. The van der Waals surface area contributed by atoms with Gasteiger partial charge in [-0.05, 0) is 31.7 Å². The minimum absolute atomic E-state index is 0.0751. The molecule has 0 aromatic rings. The van der Waals surface area contributed by atoms with Crippen molar-refractivity contribution >= 4 is 0 Å². The molecule has 0 radical (unpaired) electrons. The van der Waals surface area contributed by atoms with Crippen molar-refractivity contribution in [2.75, 3.05) is 13.1 Å². The highest BCUT2D eigenvalue weighted by atomic mass is 14.9.